The van der Waals surface area contributed by atoms with Crippen LogP contribution >= 0.6 is 0 Å². The van der Waals surface area contributed by atoms with Gasteiger partial charge < -0.3 is 27.7 Å². The number of hydrogen-bond acceptors (Lipinski definition) is 9. The molecule has 0 aliphatic carbocycles. The summed E-state index contributed by atoms with van der Waals surface area (Å²) in [6, 6.07) is 139. The van der Waals surface area contributed by atoms with Crippen LogP contribution in [0.4, 0.5) is 0 Å². The van der Waals surface area contributed by atoms with Crippen molar-refractivity contribution < 1.29 is 13.3 Å². The summed E-state index contributed by atoms with van der Waals surface area (Å²) in [5.74, 6) is 2.98. The van der Waals surface area contributed by atoms with Crippen LogP contribution in [-0.4, -0.2) is 35.8 Å². The molecule has 0 radical (unpaired) electrons. The van der Waals surface area contributed by atoms with Gasteiger partial charge in [0.2, 0.25) is 0 Å². The van der Waals surface area contributed by atoms with Gasteiger partial charge in [-0.25, -0.2) is 24.9 Å². The van der Waals surface area contributed by atoms with Crippen LogP contribution in [0.3, 0.4) is 0 Å². The minimum atomic E-state index is -0.419. The number of benzene rings is 21. The molecule has 6 aromatic heterocycles. The fourth-order valence-electron chi connectivity index (χ4n) is 20.8. The van der Waals surface area contributed by atoms with Gasteiger partial charge in [0, 0.05) is 65.3 Å². The summed E-state index contributed by atoms with van der Waals surface area (Å²) in [6.07, 6.45) is -0.419. The third-order valence-corrected chi connectivity index (χ3v) is 26.7. The number of para-hydroxylation sites is 1. The zero-order valence-electron chi connectivity index (χ0n) is 67.9. The summed E-state index contributed by atoms with van der Waals surface area (Å²) in [7, 11) is 0. The van der Waals surface area contributed by atoms with Gasteiger partial charge >= 0.3 is 0 Å². The Labute approximate surface area is 722 Å². The Balaban J connectivity index is 0.573. The molecule has 1 aliphatic rings. The Morgan fingerprint density at radius 1 is 0.236 bits per heavy atom. The van der Waals surface area contributed by atoms with Crippen molar-refractivity contribution in [2.45, 2.75) is 6.17 Å². The Kier molecular flexibility index (Phi) is 14.6. The van der Waals surface area contributed by atoms with E-state index in [0.717, 1.165) is 198 Å². The van der Waals surface area contributed by atoms with Gasteiger partial charge in [-0.2, -0.15) is 0 Å². The summed E-state index contributed by atoms with van der Waals surface area (Å²) in [4.78, 5) is 27.0. The number of amidine groups is 2. The minimum Gasteiger partial charge on any atom is -0.456 e. The van der Waals surface area contributed by atoms with Gasteiger partial charge in [-0.05, 0) is 218 Å². The maximum Gasteiger partial charge on any atom is 0.167 e. The fourth-order valence-corrected chi connectivity index (χ4v) is 20.8. The molecule has 127 heavy (non-hydrogen) atoms. The van der Waals surface area contributed by atoms with Crippen LogP contribution in [0.5, 0.6) is 0 Å². The zero-order chi connectivity index (χ0) is 82.8. The lowest BCUT2D eigenvalue weighted by molar-refractivity contribution is 0.668. The van der Waals surface area contributed by atoms with E-state index in [1.807, 2.05) is 24.3 Å². The zero-order valence-corrected chi connectivity index (χ0v) is 67.9. The second-order valence-corrected chi connectivity index (χ2v) is 33.7. The number of aliphatic imine (C=N–C) groups is 2. The quantitative estimate of drug-likeness (QED) is 0.143. The molecule has 11 nitrogen and oxygen atoms in total. The third-order valence-electron chi connectivity index (χ3n) is 26.7. The number of hydrogen-bond donors (Lipinski definition) is 1. The molecule has 0 amide bonds. The van der Waals surface area contributed by atoms with Crippen molar-refractivity contribution in [3.63, 3.8) is 0 Å². The summed E-state index contributed by atoms with van der Waals surface area (Å²) in [6.45, 7) is 0. The highest BCUT2D eigenvalue weighted by Gasteiger charge is 2.29. The van der Waals surface area contributed by atoms with E-state index in [0.29, 0.717) is 28.9 Å². The molecular weight excluding hydrogens is 1550 g/mol. The fraction of sp³-hybridized carbons (Fsp3) is 0.00862. The highest BCUT2D eigenvalue weighted by molar-refractivity contribution is 6.30. The maximum atomic E-state index is 7.08. The predicted molar refractivity (Wildman–Crippen MR) is 524 cm³/mol. The Bertz CT molecular complexity index is 9600. The number of nitrogens with one attached hydrogen (secondary N) is 1. The van der Waals surface area contributed by atoms with Crippen molar-refractivity contribution in [2.24, 2.45) is 9.98 Å². The molecule has 1 atom stereocenters. The first-order valence-corrected chi connectivity index (χ1v) is 43.1. The molecule has 0 saturated heterocycles. The van der Waals surface area contributed by atoms with E-state index in [9.17, 15) is 0 Å². The van der Waals surface area contributed by atoms with Gasteiger partial charge in [-0.3, -0.25) is 0 Å². The van der Waals surface area contributed by atoms with E-state index < -0.39 is 6.17 Å². The summed E-state index contributed by atoms with van der Waals surface area (Å²) < 4.78 is 26.0. The largest absolute Gasteiger partial charge is 0.456 e. The minimum absolute atomic E-state index is 0.419. The molecule has 7 heterocycles. The van der Waals surface area contributed by atoms with Crippen LogP contribution in [0.25, 0.3) is 252 Å². The van der Waals surface area contributed by atoms with Crippen LogP contribution in [0, 0.1) is 0 Å². The SMILES string of the molecule is c1ccc(C2=NC(c3ccc4ccc5oc6cccc(-n7c8cc9ccccc9cc8c8c9cc(-c%10ccc%11oc%12c(-c%13nc(-c%14ccccc%14)nc(-c%14ccc%15ccc%16oc%17cccc(-n%18c%19cc%20ccccc%20cc%19c%19c%20ccccc%20ccc%19%18)c%17c%16c%15c%14)n%13)cccc%12c%11c%10)ccc9ccc87)c6c5c4c3)=NC(c3ccc4ccc5ccccc5c4c3)N2)cc1. The van der Waals surface area contributed by atoms with E-state index in [1.54, 1.807) is 0 Å². The van der Waals surface area contributed by atoms with Crippen molar-refractivity contribution >= 4 is 207 Å². The van der Waals surface area contributed by atoms with Gasteiger partial charge in [-0.1, -0.05) is 273 Å². The molecule has 28 rings (SSSR count). The number of rotatable bonds is 9. The predicted octanol–water partition coefficient (Wildman–Crippen LogP) is 30.2. The average Bonchev–Trinajstić information content (AvgIpc) is 1.55. The summed E-state index contributed by atoms with van der Waals surface area (Å²) in [5, 5.41) is 32.9. The van der Waals surface area contributed by atoms with Gasteiger partial charge in [0.15, 0.2) is 23.3 Å². The van der Waals surface area contributed by atoms with Crippen molar-refractivity contribution in [1.29, 1.82) is 0 Å². The molecule has 588 valence electrons. The van der Waals surface area contributed by atoms with Crippen LogP contribution in [0.2, 0.25) is 0 Å². The first kappa shape index (κ1) is 69.5. The highest BCUT2D eigenvalue weighted by Crippen LogP contribution is 2.49. The van der Waals surface area contributed by atoms with E-state index in [1.165, 1.54) is 53.9 Å². The molecule has 1 unspecified atom stereocenters. The van der Waals surface area contributed by atoms with Gasteiger partial charge in [0.1, 0.15) is 45.5 Å². The van der Waals surface area contributed by atoms with Crippen LogP contribution in [0.1, 0.15) is 22.9 Å². The summed E-state index contributed by atoms with van der Waals surface area (Å²) >= 11 is 0. The third kappa shape index (κ3) is 10.6. The molecule has 21 aromatic carbocycles. The number of aromatic nitrogens is 5. The lowest BCUT2D eigenvalue weighted by Gasteiger charge is -2.24. The normalized spacial score (nSPS) is 13.4. The molecule has 0 bridgehead atoms. The van der Waals surface area contributed by atoms with Crippen LogP contribution in [-0.2, 0) is 0 Å². The lowest BCUT2D eigenvalue weighted by Crippen LogP contribution is -2.33. The maximum absolute atomic E-state index is 7.08. The van der Waals surface area contributed by atoms with Crippen LogP contribution in [0.15, 0.2) is 411 Å². The van der Waals surface area contributed by atoms with E-state index in [-0.39, 0.29) is 0 Å². The molecule has 0 spiro atoms. The Hall–Kier alpha value is -17.2. The smallest absolute Gasteiger partial charge is 0.167 e. The van der Waals surface area contributed by atoms with Gasteiger partial charge in [-0.15, -0.1) is 0 Å². The first-order chi connectivity index (χ1) is 62.9. The van der Waals surface area contributed by atoms with E-state index >= 15 is 0 Å². The van der Waals surface area contributed by atoms with E-state index in [4.69, 9.17) is 38.2 Å². The van der Waals surface area contributed by atoms with Crippen molar-refractivity contribution in [1.82, 2.24) is 29.4 Å². The molecule has 1 aliphatic heterocycles. The number of fused-ring (bicyclic) bond motifs is 28. The molecule has 11 heteroatoms. The topological polar surface area (TPSA) is 125 Å². The molecule has 0 fully saturated rings. The summed E-state index contributed by atoms with van der Waals surface area (Å²) in [5.41, 5.74) is 18.6. The molecule has 1 N–H and O–H groups in total. The standard InChI is InChI=1S/C116H66N8O3/c1-3-20-71(21-4-1)111-117-113(79-43-39-67-37-36-65-18-11-13-28-82(65)86(67)60-79)120-114(118-111)80-44-40-69-48-54-102-106(88(69)61-80)109-94(33-17-35-101(109)126-102)124-96-52-47-68-38-42-77(56-87(68)105(96)92-59-74-25-8-10-27-76(74)64-98(92)124)78-50-53-99-90(57-78)84-30-15-31-85(110(84)127-99)116-121-112(72-22-5-2-6-23-72)119-115(122-116)81-45-41-70-49-55-103-107(89(70)62-81)108-93(32-16-34-100(108)125-103)123-95-51-46-66-19-12-14-29-83(66)104(95)91-58-73-24-7-9-26-75(73)63-97(91)123/h1-64,113H,(H,117,118,120). The molecule has 0 saturated carbocycles. The van der Waals surface area contributed by atoms with E-state index in [2.05, 4.69) is 378 Å². The number of furan rings is 3. The van der Waals surface area contributed by atoms with Crippen LogP contribution < -0.4 is 5.32 Å². The van der Waals surface area contributed by atoms with Gasteiger partial charge in [0.05, 0.1) is 49.8 Å². The first-order valence-electron chi connectivity index (χ1n) is 43.1. The molecule has 27 aromatic rings. The van der Waals surface area contributed by atoms with Crippen molar-refractivity contribution in [3.05, 3.63) is 405 Å². The second-order valence-electron chi connectivity index (χ2n) is 33.7. The lowest BCUT2D eigenvalue weighted by atomic mass is 9.96. The highest BCUT2D eigenvalue weighted by atomic mass is 16.3. The van der Waals surface area contributed by atoms with Crippen molar-refractivity contribution in [2.75, 3.05) is 0 Å². The Morgan fingerprint density at radius 3 is 1.31 bits per heavy atom. The molecular formula is C116H66N8O3. The van der Waals surface area contributed by atoms with Crippen molar-refractivity contribution in [3.8, 4) is 56.7 Å². The van der Waals surface area contributed by atoms with Gasteiger partial charge in [0.25, 0.3) is 0 Å². The Morgan fingerprint density at radius 2 is 0.669 bits per heavy atom. The monoisotopic (exact) mass is 1620 g/mol. The average molecular weight is 1620 g/mol. The second kappa shape index (κ2) is 26.7. The number of nitrogens with zero attached hydrogens (tertiary/aromatic N) is 7.